The molecule has 0 amide bonds. The number of aromatic nitrogens is 2. The molecule has 0 aliphatic heterocycles. The Labute approximate surface area is 112 Å². The largest absolute Gasteiger partial charge is 0.484 e. The van der Waals surface area contributed by atoms with Crippen molar-refractivity contribution in [3.05, 3.63) is 41.5 Å². The zero-order valence-corrected chi connectivity index (χ0v) is 11.3. The van der Waals surface area contributed by atoms with Gasteiger partial charge < -0.3 is 15.0 Å². The van der Waals surface area contributed by atoms with Crippen LogP contribution in [0.5, 0.6) is 5.75 Å². The van der Waals surface area contributed by atoms with Crippen LogP contribution in [0.4, 0.5) is 0 Å². The summed E-state index contributed by atoms with van der Waals surface area (Å²) in [5.41, 5.74) is 6.87. The molecule has 1 aromatic heterocycles. The highest BCUT2D eigenvalue weighted by Crippen LogP contribution is 2.18. The minimum Gasteiger partial charge on any atom is -0.484 e. The molecule has 19 heavy (non-hydrogen) atoms. The lowest BCUT2D eigenvalue weighted by Gasteiger charge is -2.08. The second kappa shape index (κ2) is 6.33. The normalized spacial score (nSPS) is 12.4. The van der Waals surface area contributed by atoms with Crippen molar-refractivity contribution in [2.45, 2.75) is 39.3 Å². The molecule has 1 atom stereocenters. The van der Waals surface area contributed by atoms with Crippen molar-refractivity contribution in [1.29, 1.82) is 0 Å². The molecule has 2 aromatic rings. The standard InChI is InChI=1S/C14H19N3O2/c1-3-5-13-16-14(19-17-13)9-18-12-7-4-6-11(8-12)10(2)15/h4,6-8,10H,3,5,9,15H2,1-2H3/t10-/m1/s1. The summed E-state index contributed by atoms with van der Waals surface area (Å²) < 4.78 is 10.7. The minimum atomic E-state index is -0.0110. The van der Waals surface area contributed by atoms with Crippen LogP contribution in [-0.2, 0) is 13.0 Å². The Balaban J connectivity index is 1.95. The van der Waals surface area contributed by atoms with E-state index in [0.717, 1.165) is 30.0 Å². The van der Waals surface area contributed by atoms with Gasteiger partial charge in [-0.15, -0.1) is 0 Å². The van der Waals surface area contributed by atoms with Crippen LogP contribution in [-0.4, -0.2) is 10.1 Å². The van der Waals surface area contributed by atoms with Crippen LogP contribution in [0.15, 0.2) is 28.8 Å². The Morgan fingerprint density at radius 3 is 3.00 bits per heavy atom. The Morgan fingerprint density at radius 2 is 2.26 bits per heavy atom. The van der Waals surface area contributed by atoms with E-state index < -0.39 is 0 Å². The first-order chi connectivity index (χ1) is 9.19. The van der Waals surface area contributed by atoms with Gasteiger partial charge in [0.2, 0.25) is 0 Å². The molecule has 5 nitrogen and oxygen atoms in total. The molecule has 5 heteroatoms. The Hall–Kier alpha value is -1.88. The molecular formula is C14H19N3O2. The molecule has 0 spiro atoms. The maximum atomic E-state index is 5.83. The quantitative estimate of drug-likeness (QED) is 0.865. The average Bonchev–Trinajstić information content (AvgIpc) is 2.85. The van der Waals surface area contributed by atoms with Crippen molar-refractivity contribution in [2.24, 2.45) is 5.73 Å². The molecule has 0 bridgehead atoms. The van der Waals surface area contributed by atoms with Crippen LogP contribution in [0.3, 0.4) is 0 Å². The molecule has 0 saturated carbocycles. The van der Waals surface area contributed by atoms with Gasteiger partial charge in [0, 0.05) is 12.5 Å². The van der Waals surface area contributed by atoms with Gasteiger partial charge in [-0.05, 0) is 31.0 Å². The summed E-state index contributed by atoms with van der Waals surface area (Å²) in [4.78, 5) is 4.25. The zero-order valence-electron chi connectivity index (χ0n) is 11.3. The summed E-state index contributed by atoms with van der Waals surface area (Å²) in [6.07, 6.45) is 1.82. The van der Waals surface area contributed by atoms with Crippen molar-refractivity contribution in [1.82, 2.24) is 10.1 Å². The predicted molar refractivity (Wildman–Crippen MR) is 71.7 cm³/mol. The number of nitrogens with two attached hydrogens (primary N) is 1. The van der Waals surface area contributed by atoms with Crippen molar-refractivity contribution in [3.63, 3.8) is 0 Å². The van der Waals surface area contributed by atoms with Crippen molar-refractivity contribution < 1.29 is 9.26 Å². The third-order valence-electron chi connectivity index (χ3n) is 2.73. The Morgan fingerprint density at radius 1 is 1.42 bits per heavy atom. The van der Waals surface area contributed by atoms with Gasteiger partial charge in [0.15, 0.2) is 12.4 Å². The maximum Gasteiger partial charge on any atom is 0.264 e. The molecule has 0 fully saturated rings. The summed E-state index contributed by atoms with van der Waals surface area (Å²) in [6.45, 7) is 4.29. The highest BCUT2D eigenvalue weighted by atomic mass is 16.5. The highest BCUT2D eigenvalue weighted by Gasteiger charge is 2.07. The maximum absolute atomic E-state index is 5.83. The van der Waals surface area contributed by atoms with E-state index in [-0.39, 0.29) is 12.6 Å². The smallest absolute Gasteiger partial charge is 0.264 e. The summed E-state index contributed by atoms with van der Waals surface area (Å²) in [6, 6.07) is 7.69. The number of nitrogens with zero attached hydrogens (tertiary/aromatic N) is 2. The number of hydrogen-bond donors (Lipinski definition) is 1. The van der Waals surface area contributed by atoms with Gasteiger partial charge in [0.05, 0.1) is 0 Å². The molecule has 0 aliphatic carbocycles. The first-order valence-electron chi connectivity index (χ1n) is 6.49. The van der Waals surface area contributed by atoms with Crippen LogP contribution in [0.25, 0.3) is 0 Å². The SMILES string of the molecule is CCCc1noc(COc2cccc([C@@H](C)N)c2)n1. The molecule has 0 saturated heterocycles. The molecule has 2 rings (SSSR count). The number of aryl methyl sites for hydroxylation is 1. The third kappa shape index (κ3) is 3.79. The van der Waals surface area contributed by atoms with Crippen LogP contribution >= 0.6 is 0 Å². The fraction of sp³-hybridized carbons (Fsp3) is 0.429. The fourth-order valence-corrected chi connectivity index (χ4v) is 1.71. The minimum absolute atomic E-state index is 0.0110. The van der Waals surface area contributed by atoms with Gasteiger partial charge in [-0.2, -0.15) is 4.98 Å². The third-order valence-corrected chi connectivity index (χ3v) is 2.73. The van der Waals surface area contributed by atoms with Crippen LogP contribution in [0.1, 0.15) is 43.6 Å². The van der Waals surface area contributed by atoms with E-state index in [1.54, 1.807) is 0 Å². The Kier molecular flexibility index (Phi) is 4.52. The number of hydrogen-bond acceptors (Lipinski definition) is 5. The molecule has 2 N–H and O–H groups in total. The van der Waals surface area contributed by atoms with E-state index in [1.165, 1.54) is 0 Å². The fourth-order valence-electron chi connectivity index (χ4n) is 1.71. The predicted octanol–water partition coefficient (Wildman–Crippen LogP) is 2.62. The van der Waals surface area contributed by atoms with E-state index in [4.69, 9.17) is 15.0 Å². The number of rotatable bonds is 6. The van der Waals surface area contributed by atoms with Gasteiger partial charge in [-0.25, -0.2) is 0 Å². The van der Waals surface area contributed by atoms with Crippen molar-refractivity contribution in [2.75, 3.05) is 0 Å². The topological polar surface area (TPSA) is 74.2 Å². The van der Waals surface area contributed by atoms with Gasteiger partial charge in [0.1, 0.15) is 5.75 Å². The second-order valence-corrected chi connectivity index (χ2v) is 4.50. The van der Waals surface area contributed by atoms with Crippen molar-refractivity contribution >= 4 is 0 Å². The van der Waals surface area contributed by atoms with Gasteiger partial charge >= 0.3 is 0 Å². The molecule has 0 unspecified atom stereocenters. The van der Waals surface area contributed by atoms with Crippen LogP contribution < -0.4 is 10.5 Å². The van der Waals surface area contributed by atoms with E-state index in [9.17, 15) is 0 Å². The van der Waals surface area contributed by atoms with E-state index in [2.05, 4.69) is 17.1 Å². The van der Waals surface area contributed by atoms with Crippen LogP contribution in [0, 0.1) is 0 Å². The lowest BCUT2D eigenvalue weighted by atomic mass is 10.1. The lowest BCUT2D eigenvalue weighted by molar-refractivity contribution is 0.242. The van der Waals surface area contributed by atoms with Gasteiger partial charge in [0.25, 0.3) is 5.89 Å². The summed E-state index contributed by atoms with van der Waals surface area (Å²) >= 11 is 0. The van der Waals surface area contributed by atoms with Crippen LogP contribution in [0.2, 0.25) is 0 Å². The summed E-state index contributed by atoms with van der Waals surface area (Å²) in [5.74, 6) is 1.98. The molecule has 102 valence electrons. The number of ether oxygens (including phenoxy) is 1. The zero-order chi connectivity index (χ0) is 13.7. The molecule has 0 radical (unpaired) electrons. The van der Waals surface area contributed by atoms with Gasteiger partial charge in [-0.1, -0.05) is 24.2 Å². The first kappa shape index (κ1) is 13.5. The van der Waals surface area contributed by atoms with Crippen molar-refractivity contribution in [3.8, 4) is 5.75 Å². The molecule has 1 aromatic carbocycles. The molecule has 1 heterocycles. The summed E-state index contributed by atoms with van der Waals surface area (Å²) in [5, 5.41) is 3.88. The van der Waals surface area contributed by atoms with Gasteiger partial charge in [-0.3, -0.25) is 0 Å². The molecular weight excluding hydrogens is 242 g/mol. The van der Waals surface area contributed by atoms with E-state index in [1.807, 2.05) is 31.2 Å². The second-order valence-electron chi connectivity index (χ2n) is 4.50. The lowest BCUT2D eigenvalue weighted by Crippen LogP contribution is -2.05. The Bertz CT molecular complexity index is 523. The van der Waals surface area contributed by atoms with E-state index >= 15 is 0 Å². The highest BCUT2D eigenvalue weighted by molar-refractivity contribution is 5.30. The summed E-state index contributed by atoms with van der Waals surface area (Å²) in [7, 11) is 0. The van der Waals surface area contributed by atoms with E-state index in [0.29, 0.717) is 5.89 Å². The number of benzene rings is 1. The monoisotopic (exact) mass is 261 g/mol. The molecule has 0 aliphatic rings. The average molecular weight is 261 g/mol. The first-order valence-corrected chi connectivity index (χ1v) is 6.49.